The van der Waals surface area contributed by atoms with Gasteiger partial charge in [0.2, 0.25) is 0 Å². The molecular formula is C16H19NO2S. The van der Waals surface area contributed by atoms with Gasteiger partial charge in [-0.15, -0.1) is 11.3 Å². The number of nitrogens with zero attached hydrogens (tertiary/aromatic N) is 1. The summed E-state index contributed by atoms with van der Waals surface area (Å²) in [6.45, 7) is 4.88. The van der Waals surface area contributed by atoms with Crippen LogP contribution in [-0.4, -0.2) is 29.1 Å². The van der Waals surface area contributed by atoms with Crippen LogP contribution in [0.15, 0.2) is 41.8 Å². The van der Waals surface area contributed by atoms with Gasteiger partial charge >= 0.3 is 5.97 Å². The number of likely N-dealkylation sites (N-methyl/N-ethyl adjacent to an activating group) is 1. The summed E-state index contributed by atoms with van der Waals surface area (Å²) in [5.41, 5.74) is 1.41. The molecule has 0 fully saturated rings. The van der Waals surface area contributed by atoms with Crippen molar-refractivity contribution in [1.29, 1.82) is 0 Å². The lowest BCUT2D eigenvalue weighted by atomic mass is 10.1. The standard InChI is InChI=1S/C16H19NO2S/c1-2-17(9-8-15-7-4-10-20-15)12-13-5-3-6-14(11-13)16(18)19/h3-7,10-11H,2,8-9,12H2,1H3,(H,18,19). The average Bonchev–Trinajstić information content (AvgIpc) is 2.97. The molecule has 1 aromatic carbocycles. The van der Waals surface area contributed by atoms with Gasteiger partial charge in [-0.1, -0.05) is 25.1 Å². The number of benzene rings is 1. The number of carbonyl (C=O) groups is 1. The Balaban J connectivity index is 1.95. The molecule has 106 valence electrons. The minimum Gasteiger partial charge on any atom is -0.478 e. The first-order valence-corrected chi connectivity index (χ1v) is 7.64. The molecule has 0 bridgehead atoms. The van der Waals surface area contributed by atoms with Crippen LogP contribution in [-0.2, 0) is 13.0 Å². The van der Waals surface area contributed by atoms with E-state index >= 15 is 0 Å². The largest absolute Gasteiger partial charge is 0.478 e. The van der Waals surface area contributed by atoms with Crippen molar-refractivity contribution in [2.45, 2.75) is 19.9 Å². The van der Waals surface area contributed by atoms with E-state index in [1.54, 1.807) is 23.5 Å². The number of carboxylic acid groups (broad SMARTS) is 1. The second kappa shape index (κ2) is 7.22. The van der Waals surface area contributed by atoms with E-state index in [0.717, 1.165) is 31.6 Å². The van der Waals surface area contributed by atoms with Gasteiger partial charge in [-0.3, -0.25) is 4.90 Å². The number of hydrogen-bond donors (Lipinski definition) is 1. The fraction of sp³-hybridized carbons (Fsp3) is 0.312. The van der Waals surface area contributed by atoms with E-state index in [1.165, 1.54) is 4.88 Å². The topological polar surface area (TPSA) is 40.5 Å². The molecule has 3 nitrogen and oxygen atoms in total. The summed E-state index contributed by atoms with van der Waals surface area (Å²) in [4.78, 5) is 14.7. The monoisotopic (exact) mass is 289 g/mol. The number of thiophene rings is 1. The minimum absolute atomic E-state index is 0.358. The maximum absolute atomic E-state index is 11.0. The summed E-state index contributed by atoms with van der Waals surface area (Å²) >= 11 is 1.78. The van der Waals surface area contributed by atoms with Crippen LogP contribution in [0.25, 0.3) is 0 Å². The van der Waals surface area contributed by atoms with E-state index in [2.05, 4.69) is 29.3 Å². The van der Waals surface area contributed by atoms with Crippen LogP contribution >= 0.6 is 11.3 Å². The predicted octanol–water partition coefficient (Wildman–Crippen LogP) is 3.51. The summed E-state index contributed by atoms with van der Waals surface area (Å²) in [6, 6.07) is 11.4. The fourth-order valence-electron chi connectivity index (χ4n) is 2.13. The number of rotatable bonds is 7. The van der Waals surface area contributed by atoms with Crippen molar-refractivity contribution in [2.75, 3.05) is 13.1 Å². The van der Waals surface area contributed by atoms with Crippen LogP contribution in [0.1, 0.15) is 27.7 Å². The Morgan fingerprint density at radius 2 is 2.15 bits per heavy atom. The Bertz CT molecular complexity index is 551. The van der Waals surface area contributed by atoms with Crippen molar-refractivity contribution in [3.63, 3.8) is 0 Å². The van der Waals surface area contributed by atoms with Crippen LogP contribution in [0.5, 0.6) is 0 Å². The Labute approximate surface area is 123 Å². The van der Waals surface area contributed by atoms with E-state index in [9.17, 15) is 4.79 Å². The van der Waals surface area contributed by atoms with E-state index < -0.39 is 5.97 Å². The summed E-state index contributed by atoms with van der Waals surface area (Å²) in [7, 11) is 0. The third-order valence-corrected chi connectivity index (χ3v) is 4.22. The normalized spacial score (nSPS) is 10.9. The maximum Gasteiger partial charge on any atom is 0.335 e. The molecular weight excluding hydrogens is 270 g/mol. The average molecular weight is 289 g/mol. The summed E-state index contributed by atoms with van der Waals surface area (Å²) in [5.74, 6) is -0.867. The van der Waals surface area contributed by atoms with Crippen molar-refractivity contribution < 1.29 is 9.90 Å². The van der Waals surface area contributed by atoms with Crippen molar-refractivity contribution in [3.8, 4) is 0 Å². The summed E-state index contributed by atoms with van der Waals surface area (Å²) in [6.07, 6.45) is 1.05. The maximum atomic E-state index is 11.0. The molecule has 0 amide bonds. The molecule has 0 aliphatic heterocycles. The Morgan fingerprint density at radius 1 is 1.30 bits per heavy atom. The number of aromatic carboxylic acids is 1. The van der Waals surface area contributed by atoms with Gasteiger partial charge in [-0.2, -0.15) is 0 Å². The lowest BCUT2D eigenvalue weighted by Crippen LogP contribution is -2.25. The van der Waals surface area contributed by atoms with Gasteiger partial charge in [0.25, 0.3) is 0 Å². The highest BCUT2D eigenvalue weighted by Gasteiger charge is 2.07. The third-order valence-electron chi connectivity index (χ3n) is 3.28. The van der Waals surface area contributed by atoms with Gasteiger partial charge in [-0.05, 0) is 42.1 Å². The van der Waals surface area contributed by atoms with Crippen LogP contribution in [0.4, 0.5) is 0 Å². The van der Waals surface area contributed by atoms with E-state index in [0.29, 0.717) is 5.56 Å². The molecule has 1 heterocycles. The predicted molar refractivity (Wildman–Crippen MR) is 82.4 cm³/mol. The van der Waals surface area contributed by atoms with Gasteiger partial charge in [0.05, 0.1) is 5.56 Å². The van der Waals surface area contributed by atoms with Crippen LogP contribution in [0.2, 0.25) is 0 Å². The highest BCUT2D eigenvalue weighted by molar-refractivity contribution is 7.09. The molecule has 1 aromatic heterocycles. The lowest BCUT2D eigenvalue weighted by molar-refractivity contribution is 0.0696. The minimum atomic E-state index is -0.867. The molecule has 0 radical (unpaired) electrons. The molecule has 0 saturated carbocycles. The van der Waals surface area contributed by atoms with Crippen LogP contribution < -0.4 is 0 Å². The summed E-state index contributed by atoms with van der Waals surface area (Å²) < 4.78 is 0. The molecule has 1 N–H and O–H groups in total. The molecule has 20 heavy (non-hydrogen) atoms. The first-order chi connectivity index (χ1) is 9.69. The van der Waals surface area contributed by atoms with Gasteiger partial charge in [0.15, 0.2) is 0 Å². The van der Waals surface area contributed by atoms with Crippen molar-refractivity contribution in [3.05, 3.63) is 57.8 Å². The smallest absolute Gasteiger partial charge is 0.335 e. The van der Waals surface area contributed by atoms with E-state index in [1.807, 2.05) is 12.1 Å². The Hall–Kier alpha value is -1.65. The zero-order chi connectivity index (χ0) is 14.4. The van der Waals surface area contributed by atoms with Crippen LogP contribution in [0.3, 0.4) is 0 Å². The van der Waals surface area contributed by atoms with Crippen molar-refractivity contribution in [2.24, 2.45) is 0 Å². The Morgan fingerprint density at radius 3 is 2.80 bits per heavy atom. The molecule has 0 spiro atoms. The molecule has 2 aromatic rings. The zero-order valence-electron chi connectivity index (χ0n) is 11.6. The van der Waals surface area contributed by atoms with Gasteiger partial charge in [0.1, 0.15) is 0 Å². The van der Waals surface area contributed by atoms with Crippen molar-refractivity contribution in [1.82, 2.24) is 4.90 Å². The lowest BCUT2D eigenvalue weighted by Gasteiger charge is -2.20. The molecule has 0 aliphatic carbocycles. The number of carboxylic acids is 1. The second-order valence-corrected chi connectivity index (χ2v) is 5.74. The molecule has 0 unspecified atom stereocenters. The SMILES string of the molecule is CCN(CCc1cccs1)Cc1cccc(C(=O)O)c1. The fourth-order valence-corrected chi connectivity index (χ4v) is 2.83. The molecule has 4 heteroatoms. The highest BCUT2D eigenvalue weighted by Crippen LogP contribution is 2.12. The first kappa shape index (κ1) is 14.8. The third kappa shape index (κ3) is 4.18. The number of hydrogen-bond acceptors (Lipinski definition) is 3. The van der Waals surface area contributed by atoms with Crippen molar-refractivity contribution >= 4 is 17.3 Å². The second-order valence-electron chi connectivity index (χ2n) is 4.70. The zero-order valence-corrected chi connectivity index (χ0v) is 12.4. The molecule has 0 saturated heterocycles. The highest BCUT2D eigenvalue weighted by atomic mass is 32.1. The molecule has 2 rings (SSSR count). The molecule has 0 aliphatic rings. The summed E-state index contributed by atoms with van der Waals surface area (Å²) in [5, 5.41) is 11.1. The van der Waals surface area contributed by atoms with Gasteiger partial charge in [0, 0.05) is 18.0 Å². The molecule has 0 atom stereocenters. The van der Waals surface area contributed by atoms with E-state index in [4.69, 9.17) is 5.11 Å². The van der Waals surface area contributed by atoms with E-state index in [-0.39, 0.29) is 0 Å². The first-order valence-electron chi connectivity index (χ1n) is 6.76. The van der Waals surface area contributed by atoms with Crippen LogP contribution in [0, 0.1) is 0 Å². The quantitative estimate of drug-likeness (QED) is 0.848. The van der Waals surface area contributed by atoms with Gasteiger partial charge in [-0.25, -0.2) is 4.79 Å². The van der Waals surface area contributed by atoms with Gasteiger partial charge < -0.3 is 5.11 Å². The Kier molecular flexibility index (Phi) is 5.32.